The summed E-state index contributed by atoms with van der Waals surface area (Å²) in [6.45, 7) is 8.50. The Bertz CT molecular complexity index is 1080. The van der Waals surface area contributed by atoms with E-state index in [0.717, 1.165) is 22.7 Å². The first-order chi connectivity index (χ1) is 15.7. The molecule has 0 unspecified atom stereocenters. The topological polar surface area (TPSA) is 76.5 Å². The number of hydrogen-bond donors (Lipinski definition) is 1. The van der Waals surface area contributed by atoms with Crippen molar-refractivity contribution in [1.29, 1.82) is 0 Å². The molecule has 1 N–H and O–H groups in total. The third-order valence-electron chi connectivity index (χ3n) is 5.33. The van der Waals surface area contributed by atoms with E-state index in [2.05, 4.69) is 26.1 Å². The van der Waals surface area contributed by atoms with E-state index in [-0.39, 0.29) is 30.2 Å². The number of rotatable bonds is 8. The van der Waals surface area contributed by atoms with Crippen LogP contribution in [-0.4, -0.2) is 46.7 Å². The quantitative estimate of drug-likeness (QED) is 0.560. The van der Waals surface area contributed by atoms with Crippen LogP contribution in [0.5, 0.6) is 5.75 Å². The van der Waals surface area contributed by atoms with E-state index in [9.17, 15) is 9.59 Å². The molecule has 0 saturated carbocycles. The molecule has 3 aromatic rings. The summed E-state index contributed by atoms with van der Waals surface area (Å²) < 4.78 is 6.95. The highest BCUT2D eigenvalue weighted by atomic mass is 16.5. The Morgan fingerprint density at radius 1 is 1.06 bits per heavy atom. The van der Waals surface area contributed by atoms with Crippen LogP contribution in [0, 0.1) is 0 Å². The molecule has 3 rings (SSSR count). The molecule has 2 amide bonds. The number of anilines is 1. The van der Waals surface area contributed by atoms with Gasteiger partial charge in [-0.2, -0.15) is 5.10 Å². The van der Waals surface area contributed by atoms with Crippen LogP contribution in [0.2, 0.25) is 0 Å². The van der Waals surface area contributed by atoms with Gasteiger partial charge in [0.15, 0.2) is 0 Å². The minimum atomic E-state index is -0.270. The zero-order valence-corrected chi connectivity index (χ0v) is 20.0. The number of benzene rings is 2. The molecule has 174 valence electrons. The van der Waals surface area contributed by atoms with Gasteiger partial charge >= 0.3 is 0 Å². The van der Waals surface area contributed by atoms with Crippen LogP contribution < -0.4 is 10.1 Å². The third kappa shape index (κ3) is 6.22. The first-order valence-electron chi connectivity index (χ1n) is 11.1. The highest BCUT2D eigenvalue weighted by Crippen LogP contribution is 2.27. The molecule has 0 radical (unpaired) electrons. The molecular formula is C26H32N4O3. The fourth-order valence-electron chi connectivity index (χ4n) is 3.37. The van der Waals surface area contributed by atoms with Gasteiger partial charge < -0.3 is 15.0 Å². The number of carbonyl (C=O) groups excluding carboxylic acids is 2. The Morgan fingerprint density at radius 2 is 1.73 bits per heavy atom. The standard InChI is InChI=1S/C26H32N4O3/c1-6-29(25(32)16-19-10-8-7-9-11-19)18-24(31)27-23-17-22(26(2,3)4)28-30(23)20-12-14-21(33-5)15-13-20/h7-15,17H,6,16,18H2,1-5H3,(H,27,31). The molecule has 0 bridgehead atoms. The summed E-state index contributed by atoms with van der Waals surface area (Å²) in [6.07, 6.45) is 0.264. The van der Waals surface area contributed by atoms with Gasteiger partial charge in [0.05, 0.1) is 31.5 Å². The summed E-state index contributed by atoms with van der Waals surface area (Å²) in [5, 5.41) is 7.68. The maximum atomic E-state index is 12.9. The molecule has 0 aliphatic carbocycles. The van der Waals surface area contributed by atoms with E-state index >= 15 is 0 Å². The molecule has 2 aromatic carbocycles. The van der Waals surface area contributed by atoms with Crippen molar-refractivity contribution < 1.29 is 14.3 Å². The second kappa shape index (κ2) is 10.3. The number of aromatic nitrogens is 2. The molecule has 0 aliphatic heterocycles. The molecule has 1 aromatic heterocycles. The first-order valence-corrected chi connectivity index (χ1v) is 11.1. The zero-order valence-electron chi connectivity index (χ0n) is 20.0. The maximum Gasteiger partial charge on any atom is 0.245 e. The lowest BCUT2D eigenvalue weighted by molar-refractivity contribution is -0.133. The molecule has 0 saturated heterocycles. The lowest BCUT2D eigenvalue weighted by Gasteiger charge is -2.20. The number of nitrogens with one attached hydrogen (secondary N) is 1. The van der Waals surface area contributed by atoms with Gasteiger partial charge in [-0.05, 0) is 36.8 Å². The SMILES string of the molecule is CCN(CC(=O)Nc1cc(C(C)(C)C)nn1-c1ccc(OC)cc1)C(=O)Cc1ccccc1. The predicted molar refractivity (Wildman–Crippen MR) is 130 cm³/mol. The van der Waals surface area contributed by atoms with Crippen molar-refractivity contribution in [2.75, 3.05) is 25.5 Å². The van der Waals surface area contributed by atoms with Crippen LogP contribution in [0.15, 0.2) is 60.7 Å². The van der Waals surface area contributed by atoms with Crippen molar-refractivity contribution in [3.63, 3.8) is 0 Å². The number of ether oxygens (including phenoxy) is 1. The minimum Gasteiger partial charge on any atom is -0.497 e. The van der Waals surface area contributed by atoms with E-state index in [0.29, 0.717) is 12.4 Å². The fraction of sp³-hybridized carbons (Fsp3) is 0.346. The summed E-state index contributed by atoms with van der Waals surface area (Å²) in [4.78, 5) is 27.2. The van der Waals surface area contributed by atoms with Gasteiger partial charge in [-0.15, -0.1) is 0 Å². The van der Waals surface area contributed by atoms with E-state index in [1.54, 1.807) is 16.7 Å². The monoisotopic (exact) mass is 448 g/mol. The fourth-order valence-corrected chi connectivity index (χ4v) is 3.37. The predicted octanol–water partition coefficient (Wildman–Crippen LogP) is 4.21. The molecular weight excluding hydrogens is 416 g/mol. The molecule has 7 nitrogen and oxygen atoms in total. The van der Waals surface area contributed by atoms with E-state index < -0.39 is 0 Å². The van der Waals surface area contributed by atoms with Crippen molar-refractivity contribution in [2.45, 2.75) is 39.5 Å². The van der Waals surface area contributed by atoms with Gasteiger partial charge in [-0.1, -0.05) is 51.1 Å². The normalized spacial score (nSPS) is 11.2. The average molecular weight is 449 g/mol. The Hall–Kier alpha value is -3.61. The molecule has 0 atom stereocenters. The lowest BCUT2D eigenvalue weighted by atomic mass is 9.92. The zero-order chi connectivity index (χ0) is 24.0. The van der Waals surface area contributed by atoms with Crippen LogP contribution in [0.25, 0.3) is 5.69 Å². The van der Waals surface area contributed by atoms with Gasteiger partial charge in [0.2, 0.25) is 11.8 Å². The van der Waals surface area contributed by atoms with Crippen LogP contribution in [0.4, 0.5) is 5.82 Å². The Morgan fingerprint density at radius 3 is 2.30 bits per heavy atom. The van der Waals surface area contributed by atoms with E-state index in [4.69, 9.17) is 9.84 Å². The lowest BCUT2D eigenvalue weighted by Crippen LogP contribution is -2.38. The van der Waals surface area contributed by atoms with Crippen LogP contribution >= 0.6 is 0 Å². The Balaban J connectivity index is 1.78. The van der Waals surface area contributed by atoms with Crippen molar-refractivity contribution in [3.8, 4) is 11.4 Å². The van der Waals surface area contributed by atoms with E-state index in [1.165, 1.54) is 0 Å². The number of hydrogen-bond acceptors (Lipinski definition) is 4. The largest absolute Gasteiger partial charge is 0.497 e. The number of nitrogens with zero attached hydrogens (tertiary/aromatic N) is 3. The highest BCUT2D eigenvalue weighted by Gasteiger charge is 2.23. The minimum absolute atomic E-state index is 0.0270. The molecule has 33 heavy (non-hydrogen) atoms. The van der Waals surface area contributed by atoms with Crippen LogP contribution in [0.1, 0.15) is 39.0 Å². The van der Waals surface area contributed by atoms with Crippen molar-refractivity contribution in [3.05, 3.63) is 71.9 Å². The summed E-state index contributed by atoms with van der Waals surface area (Å²) in [5.74, 6) is 0.941. The van der Waals surface area contributed by atoms with Crippen LogP contribution in [0.3, 0.4) is 0 Å². The van der Waals surface area contributed by atoms with Gasteiger partial charge in [0, 0.05) is 18.0 Å². The highest BCUT2D eigenvalue weighted by molar-refractivity contribution is 5.94. The molecule has 0 fully saturated rings. The Labute approximate surface area is 195 Å². The summed E-state index contributed by atoms with van der Waals surface area (Å²) in [6, 6.07) is 18.9. The molecule has 1 heterocycles. The number of amides is 2. The summed E-state index contributed by atoms with van der Waals surface area (Å²) >= 11 is 0. The van der Waals surface area contributed by atoms with Gasteiger partial charge in [-0.3, -0.25) is 9.59 Å². The first kappa shape index (κ1) is 24.0. The van der Waals surface area contributed by atoms with Gasteiger partial charge in [-0.25, -0.2) is 4.68 Å². The summed E-state index contributed by atoms with van der Waals surface area (Å²) in [7, 11) is 1.62. The maximum absolute atomic E-state index is 12.9. The molecule has 0 aliphatic rings. The summed E-state index contributed by atoms with van der Waals surface area (Å²) in [5.41, 5.74) is 2.38. The smallest absolute Gasteiger partial charge is 0.245 e. The second-order valence-corrected chi connectivity index (χ2v) is 8.89. The van der Waals surface area contributed by atoms with E-state index in [1.807, 2.05) is 67.6 Å². The average Bonchev–Trinajstić information content (AvgIpc) is 3.22. The number of carbonyl (C=O) groups is 2. The Kier molecular flexibility index (Phi) is 7.53. The second-order valence-electron chi connectivity index (χ2n) is 8.89. The van der Waals surface area contributed by atoms with Gasteiger partial charge in [0.25, 0.3) is 0 Å². The van der Waals surface area contributed by atoms with Crippen molar-refractivity contribution in [1.82, 2.24) is 14.7 Å². The van der Waals surface area contributed by atoms with Crippen molar-refractivity contribution >= 4 is 17.6 Å². The third-order valence-corrected chi connectivity index (χ3v) is 5.33. The molecule has 0 spiro atoms. The van der Waals surface area contributed by atoms with Gasteiger partial charge in [0.1, 0.15) is 11.6 Å². The van der Waals surface area contributed by atoms with Crippen LogP contribution in [-0.2, 0) is 21.4 Å². The number of likely N-dealkylation sites (N-methyl/N-ethyl adjacent to an activating group) is 1. The number of methoxy groups -OCH3 is 1. The van der Waals surface area contributed by atoms with Crippen molar-refractivity contribution in [2.24, 2.45) is 0 Å². The molecule has 7 heteroatoms.